The number of hydrogen-bond donors (Lipinski definition) is 1. The molecule has 0 bridgehead atoms. The van der Waals surface area contributed by atoms with Gasteiger partial charge in [-0.05, 0) is 27.0 Å². The van der Waals surface area contributed by atoms with Gasteiger partial charge in [0, 0.05) is 24.5 Å². The lowest BCUT2D eigenvalue weighted by Gasteiger charge is -2.13. The van der Waals surface area contributed by atoms with Crippen LogP contribution in [0, 0.1) is 6.92 Å². The molecule has 1 heterocycles. The number of thioether (sulfide) groups is 1. The number of aromatic nitrogens is 2. The second-order valence-electron chi connectivity index (χ2n) is 3.49. The molecule has 0 amide bonds. The van der Waals surface area contributed by atoms with Crippen molar-refractivity contribution in [3.05, 3.63) is 11.9 Å². The lowest BCUT2D eigenvalue weighted by Crippen LogP contribution is -2.20. The summed E-state index contributed by atoms with van der Waals surface area (Å²) in [7, 11) is 0. The maximum Gasteiger partial charge on any atom is 0.203 e. The third-order valence-electron chi connectivity index (χ3n) is 2.03. The number of imidazole rings is 1. The van der Waals surface area contributed by atoms with Crippen molar-refractivity contribution in [1.82, 2.24) is 9.55 Å². The second kappa shape index (κ2) is 5.29. The molecule has 0 aromatic carbocycles. The summed E-state index contributed by atoms with van der Waals surface area (Å²) < 4.78 is 2.14. The normalized spacial score (nSPS) is 12.9. The molecule has 0 spiro atoms. The van der Waals surface area contributed by atoms with E-state index in [0.29, 0.717) is 6.04 Å². The Morgan fingerprint density at radius 3 is 2.93 bits per heavy atom. The van der Waals surface area contributed by atoms with Gasteiger partial charge in [-0.2, -0.15) is 11.8 Å². The van der Waals surface area contributed by atoms with Crippen LogP contribution >= 0.6 is 11.8 Å². The average Bonchev–Trinajstić information content (AvgIpc) is 2.46. The molecule has 1 atom stereocenters. The number of nitrogens with one attached hydrogen (secondary N) is 1. The van der Waals surface area contributed by atoms with Crippen LogP contribution in [0.5, 0.6) is 0 Å². The van der Waals surface area contributed by atoms with E-state index < -0.39 is 0 Å². The fraction of sp³-hybridized carbons (Fsp3) is 0.700. The summed E-state index contributed by atoms with van der Waals surface area (Å²) in [6, 6.07) is 0.470. The zero-order valence-electron chi connectivity index (χ0n) is 9.37. The molecule has 3 nitrogen and oxygen atoms in total. The molecule has 0 radical (unpaired) electrons. The minimum absolute atomic E-state index is 0.470. The molecule has 1 N–H and O–H groups in total. The Balaban J connectivity index is 2.65. The first kappa shape index (κ1) is 11.4. The lowest BCUT2D eigenvalue weighted by atomic mass is 10.4. The molecule has 0 saturated carbocycles. The number of anilines is 1. The molecule has 4 heteroatoms. The third kappa shape index (κ3) is 2.94. The van der Waals surface area contributed by atoms with Crippen molar-refractivity contribution < 1.29 is 0 Å². The van der Waals surface area contributed by atoms with Gasteiger partial charge in [0.2, 0.25) is 5.95 Å². The van der Waals surface area contributed by atoms with Gasteiger partial charge in [-0.25, -0.2) is 4.98 Å². The summed E-state index contributed by atoms with van der Waals surface area (Å²) in [6.07, 6.45) is 4.20. The van der Waals surface area contributed by atoms with E-state index in [0.717, 1.165) is 23.9 Å². The molecule has 0 aliphatic heterocycles. The Labute approximate surface area is 90.3 Å². The van der Waals surface area contributed by atoms with Gasteiger partial charge in [-0.1, -0.05) is 0 Å². The largest absolute Gasteiger partial charge is 0.352 e. The predicted octanol–water partition coefficient (Wildman–Crippen LogP) is 2.37. The highest BCUT2D eigenvalue weighted by Gasteiger charge is 2.06. The van der Waals surface area contributed by atoms with Gasteiger partial charge in [-0.3, -0.25) is 0 Å². The number of rotatable bonds is 5. The van der Waals surface area contributed by atoms with Crippen molar-refractivity contribution in [2.45, 2.75) is 33.4 Å². The number of nitrogens with zero attached hydrogens (tertiary/aromatic N) is 2. The number of hydrogen-bond acceptors (Lipinski definition) is 3. The fourth-order valence-corrected chi connectivity index (χ4v) is 2.00. The highest BCUT2D eigenvalue weighted by Crippen LogP contribution is 2.10. The Bertz CT molecular complexity index is 283. The standard InChI is InChI=1S/C10H19N3S/c1-5-13-6-8(2)11-10(13)12-9(3)7-14-4/h6,9H,5,7H2,1-4H3,(H,11,12). The minimum atomic E-state index is 0.470. The van der Waals surface area contributed by atoms with E-state index >= 15 is 0 Å². The van der Waals surface area contributed by atoms with E-state index in [-0.39, 0.29) is 0 Å². The van der Waals surface area contributed by atoms with Crippen molar-refractivity contribution in [3.8, 4) is 0 Å². The van der Waals surface area contributed by atoms with Crippen molar-refractivity contribution >= 4 is 17.7 Å². The van der Waals surface area contributed by atoms with E-state index in [4.69, 9.17) is 0 Å². The zero-order chi connectivity index (χ0) is 10.6. The average molecular weight is 213 g/mol. The fourth-order valence-electron chi connectivity index (χ4n) is 1.42. The Kier molecular flexibility index (Phi) is 4.32. The van der Waals surface area contributed by atoms with Crippen molar-refractivity contribution in [1.29, 1.82) is 0 Å². The summed E-state index contributed by atoms with van der Waals surface area (Å²) in [5.74, 6) is 2.10. The second-order valence-corrected chi connectivity index (χ2v) is 4.40. The summed E-state index contributed by atoms with van der Waals surface area (Å²) >= 11 is 1.85. The molecule has 1 aromatic heterocycles. The van der Waals surface area contributed by atoms with Gasteiger partial charge in [0.1, 0.15) is 0 Å². The first-order valence-corrected chi connectivity index (χ1v) is 6.36. The van der Waals surface area contributed by atoms with Gasteiger partial charge >= 0.3 is 0 Å². The van der Waals surface area contributed by atoms with Gasteiger partial charge in [-0.15, -0.1) is 0 Å². The molecule has 0 fully saturated rings. The lowest BCUT2D eigenvalue weighted by molar-refractivity contribution is 0.749. The van der Waals surface area contributed by atoms with Crippen molar-refractivity contribution in [3.63, 3.8) is 0 Å². The molecule has 0 saturated heterocycles. The third-order valence-corrected chi connectivity index (χ3v) is 2.86. The maximum atomic E-state index is 4.45. The zero-order valence-corrected chi connectivity index (χ0v) is 10.2. The van der Waals surface area contributed by atoms with Crippen LogP contribution < -0.4 is 5.32 Å². The molecule has 80 valence electrons. The topological polar surface area (TPSA) is 29.9 Å². The van der Waals surface area contributed by atoms with E-state index in [1.807, 2.05) is 18.7 Å². The van der Waals surface area contributed by atoms with Gasteiger partial charge in [0.25, 0.3) is 0 Å². The van der Waals surface area contributed by atoms with Gasteiger partial charge < -0.3 is 9.88 Å². The van der Waals surface area contributed by atoms with Crippen LogP contribution in [-0.2, 0) is 6.54 Å². The van der Waals surface area contributed by atoms with Crippen molar-refractivity contribution in [2.24, 2.45) is 0 Å². The minimum Gasteiger partial charge on any atom is -0.352 e. The van der Waals surface area contributed by atoms with E-state index in [2.05, 4.69) is 41.2 Å². The molecule has 1 rings (SSSR count). The Morgan fingerprint density at radius 2 is 2.36 bits per heavy atom. The monoisotopic (exact) mass is 213 g/mol. The molecule has 1 aromatic rings. The SMILES string of the molecule is CCn1cc(C)nc1NC(C)CSC. The van der Waals surface area contributed by atoms with Crippen LogP contribution in [0.15, 0.2) is 6.20 Å². The molecular weight excluding hydrogens is 194 g/mol. The van der Waals surface area contributed by atoms with Crippen LogP contribution in [0.1, 0.15) is 19.5 Å². The maximum absolute atomic E-state index is 4.45. The first-order valence-electron chi connectivity index (χ1n) is 4.96. The predicted molar refractivity (Wildman–Crippen MR) is 64.1 cm³/mol. The quantitative estimate of drug-likeness (QED) is 0.814. The Hall–Kier alpha value is -0.640. The summed E-state index contributed by atoms with van der Waals surface area (Å²) in [6.45, 7) is 7.30. The van der Waals surface area contributed by atoms with Crippen LogP contribution in [0.4, 0.5) is 5.95 Å². The summed E-state index contributed by atoms with van der Waals surface area (Å²) in [5, 5.41) is 3.41. The van der Waals surface area contributed by atoms with Gasteiger partial charge in [0.05, 0.1) is 5.69 Å². The van der Waals surface area contributed by atoms with E-state index in [1.54, 1.807) is 0 Å². The highest BCUT2D eigenvalue weighted by atomic mass is 32.2. The van der Waals surface area contributed by atoms with Crippen molar-refractivity contribution in [2.75, 3.05) is 17.3 Å². The van der Waals surface area contributed by atoms with Crippen LogP contribution in [-0.4, -0.2) is 27.6 Å². The number of aryl methyl sites for hydroxylation is 2. The van der Waals surface area contributed by atoms with E-state index in [1.165, 1.54) is 0 Å². The highest BCUT2D eigenvalue weighted by molar-refractivity contribution is 7.98. The van der Waals surface area contributed by atoms with Gasteiger partial charge in [0.15, 0.2) is 0 Å². The van der Waals surface area contributed by atoms with Crippen LogP contribution in [0.25, 0.3) is 0 Å². The first-order chi connectivity index (χ1) is 6.67. The molecular formula is C10H19N3S. The summed E-state index contributed by atoms with van der Waals surface area (Å²) in [4.78, 5) is 4.45. The molecule has 0 aliphatic rings. The van der Waals surface area contributed by atoms with Crippen LogP contribution in [0.2, 0.25) is 0 Å². The summed E-state index contributed by atoms with van der Waals surface area (Å²) in [5.41, 5.74) is 1.07. The molecule has 1 unspecified atom stereocenters. The smallest absolute Gasteiger partial charge is 0.203 e. The molecule has 14 heavy (non-hydrogen) atoms. The van der Waals surface area contributed by atoms with E-state index in [9.17, 15) is 0 Å². The Morgan fingerprint density at radius 1 is 1.64 bits per heavy atom. The molecule has 0 aliphatic carbocycles. The van der Waals surface area contributed by atoms with Crippen LogP contribution in [0.3, 0.4) is 0 Å².